The topological polar surface area (TPSA) is 64.5 Å². The van der Waals surface area contributed by atoms with Crippen LogP contribution in [0.3, 0.4) is 0 Å². The first kappa shape index (κ1) is 22.3. The molecule has 33 heavy (non-hydrogen) atoms. The molecule has 0 spiro atoms. The molecule has 166 valence electrons. The standard InChI is InChI=1S/C26H22ClN3O3/c1-32-24-11-10-23(17-25(24)33-15-12-21-8-2-3-14-29-21)30(22-9-4-7-20(27)16-22)26(31)19-6-5-13-28-18-19/h2-11,13-14,16-18H,12,15H2,1H3. The minimum atomic E-state index is -0.241. The molecule has 0 N–H and O–H groups in total. The summed E-state index contributed by atoms with van der Waals surface area (Å²) in [5.41, 5.74) is 2.62. The highest BCUT2D eigenvalue weighted by Gasteiger charge is 2.22. The van der Waals surface area contributed by atoms with E-state index in [1.54, 1.807) is 72.9 Å². The molecular weight excluding hydrogens is 438 g/mol. The molecule has 4 rings (SSSR count). The van der Waals surface area contributed by atoms with Gasteiger partial charge in [0, 0.05) is 41.8 Å². The molecule has 2 aromatic heterocycles. The molecular formula is C26H22ClN3O3. The van der Waals surface area contributed by atoms with Crippen molar-refractivity contribution in [1.82, 2.24) is 9.97 Å². The molecule has 0 unspecified atom stereocenters. The van der Waals surface area contributed by atoms with E-state index in [0.29, 0.717) is 46.5 Å². The minimum absolute atomic E-state index is 0.241. The molecule has 6 nitrogen and oxygen atoms in total. The molecule has 0 bridgehead atoms. The highest BCUT2D eigenvalue weighted by atomic mass is 35.5. The number of rotatable bonds is 8. The van der Waals surface area contributed by atoms with E-state index in [1.165, 1.54) is 6.20 Å². The lowest BCUT2D eigenvalue weighted by Gasteiger charge is -2.24. The number of carbonyl (C=O) groups excluding carboxylic acids is 1. The summed E-state index contributed by atoms with van der Waals surface area (Å²) >= 11 is 6.23. The van der Waals surface area contributed by atoms with Gasteiger partial charge in [-0.2, -0.15) is 0 Å². The Morgan fingerprint density at radius 2 is 1.82 bits per heavy atom. The summed E-state index contributed by atoms with van der Waals surface area (Å²) < 4.78 is 11.5. The summed E-state index contributed by atoms with van der Waals surface area (Å²) in [5.74, 6) is 0.853. The lowest BCUT2D eigenvalue weighted by Crippen LogP contribution is -2.26. The summed E-state index contributed by atoms with van der Waals surface area (Å²) in [7, 11) is 1.58. The summed E-state index contributed by atoms with van der Waals surface area (Å²) in [6, 6.07) is 21.7. The van der Waals surface area contributed by atoms with Crippen LogP contribution in [0, 0.1) is 0 Å². The fraction of sp³-hybridized carbons (Fsp3) is 0.115. The van der Waals surface area contributed by atoms with Crippen LogP contribution in [0.2, 0.25) is 5.02 Å². The van der Waals surface area contributed by atoms with E-state index < -0.39 is 0 Å². The van der Waals surface area contributed by atoms with Gasteiger partial charge >= 0.3 is 0 Å². The van der Waals surface area contributed by atoms with Gasteiger partial charge in [-0.1, -0.05) is 23.7 Å². The van der Waals surface area contributed by atoms with E-state index in [1.807, 2.05) is 24.3 Å². The van der Waals surface area contributed by atoms with Gasteiger partial charge in [-0.25, -0.2) is 0 Å². The Labute approximate surface area is 197 Å². The van der Waals surface area contributed by atoms with Gasteiger partial charge < -0.3 is 9.47 Å². The molecule has 4 aromatic rings. The lowest BCUT2D eigenvalue weighted by atomic mass is 10.1. The van der Waals surface area contributed by atoms with Crippen LogP contribution in [0.5, 0.6) is 11.5 Å². The Balaban J connectivity index is 1.67. The molecule has 2 heterocycles. The highest BCUT2D eigenvalue weighted by molar-refractivity contribution is 6.31. The van der Waals surface area contributed by atoms with Crippen molar-refractivity contribution in [2.75, 3.05) is 18.6 Å². The monoisotopic (exact) mass is 459 g/mol. The van der Waals surface area contributed by atoms with Crippen molar-refractivity contribution in [3.8, 4) is 11.5 Å². The predicted octanol–water partition coefficient (Wildman–Crippen LogP) is 5.74. The van der Waals surface area contributed by atoms with Crippen molar-refractivity contribution in [2.24, 2.45) is 0 Å². The maximum Gasteiger partial charge on any atom is 0.264 e. The predicted molar refractivity (Wildman–Crippen MR) is 129 cm³/mol. The van der Waals surface area contributed by atoms with Gasteiger partial charge in [0.1, 0.15) is 0 Å². The second-order valence-electron chi connectivity index (χ2n) is 7.12. The van der Waals surface area contributed by atoms with Crippen LogP contribution in [0.15, 0.2) is 91.4 Å². The summed E-state index contributed by atoms with van der Waals surface area (Å²) in [6.07, 6.45) is 5.55. The zero-order valence-electron chi connectivity index (χ0n) is 18.0. The summed E-state index contributed by atoms with van der Waals surface area (Å²) in [6.45, 7) is 0.407. The average Bonchev–Trinajstić information content (AvgIpc) is 2.85. The van der Waals surface area contributed by atoms with Crippen LogP contribution in [0.25, 0.3) is 0 Å². The van der Waals surface area contributed by atoms with Gasteiger partial charge in [-0.05, 0) is 54.6 Å². The molecule has 0 fully saturated rings. The van der Waals surface area contributed by atoms with Crippen molar-refractivity contribution in [3.05, 3.63) is 108 Å². The first-order valence-electron chi connectivity index (χ1n) is 10.4. The van der Waals surface area contributed by atoms with Crippen LogP contribution in [0.1, 0.15) is 16.1 Å². The van der Waals surface area contributed by atoms with Crippen LogP contribution in [-0.2, 0) is 6.42 Å². The van der Waals surface area contributed by atoms with E-state index >= 15 is 0 Å². The quantitative estimate of drug-likeness (QED) is 0.336. The van der Waals surface area contributed by atoms with Crippen molar-refractivity contribution >= 4 is 28.9 Å². The third-order valence-corrected chi connectivity index (χ3v) is 5.16. The lowest BCUT2D eigenvalue weighted by molar-refractivity contribution is 0.0999. The fourth-order valence-electron chi connectivity index (χ4n) is 3.35. The highest BCUT2D eigenvalue weighted by Crippen LogP contribution is 2.36. The van der Waals surface area contributed by atoms with Gasteiger partial charge in [-0.15, -0.1) is 0 Å². The number of pyridine rings is 2. The third-order valence-electron chi connectivity index (χ3n) is 4.93. The molecule has 0 aliphatic rings. The molecule has 0 saturated carbocycles. The molecule has 0 saturated heterocycles. The zero-order chi connectivity index (χ0) is 23.0. The Bertz CT molecular complexity index is 1220. The van der Waals surface area contributed by atoms with Crippen LogP contribution in [0.4, 0.5) is 11.4 Å². The van der Waals surface area contributed by atoms with Gasteiger partial charge in [0.05, 0.1) is 30.7 Å². The van der Waals surface area contributed by atoms with E-state index in [0.717, 1.165) is 5.69 Å². The fourth-order valence-corrected chi connectivity index (χ4v) is 3.53. The zero-order valence-corrected chi connectivity index (χ0v) is 18.8. The van der Waals surface area contributed by atoms with Gasteiger partial charge in [0.25, 0.3) is 5.91 Å². The Morgan fingerprint density at radius 3 is 2.55 bits per heavy atom. The number of amides is 1. The summed E-state index contributed by atoms with van der Waals surface area (Å²) in [4.78, 5) is 23.5. The second-order valence-corrected chi connectivity index (χ2v) is 7.55. The summed E-state index contributed by atoms with van der Waals surface area (Å²) in [5, 5.41) is 0.525. The van der Waals surface area contributed by atoms with Gasteiger partial charge in [-0.3, -0.25) is 19.7 Å². The number of carbonyl (C=O) groups is 1. The SMILES string of the molecule is COc1ccc(N(C(=O)c2cccnc2)c2cccc(Cl)c2)cc1OCCc1ccccn1. The number of benzene rings is 2. The Kier molecular flexibility index (Phi) is 7.17. The molecule has 0 aliphatic carbocycles. The van der Waals surface area contributed by atoms with Crippen LogP contribution >= 0.6 is 11.6 Å². The third kappa shape index (κ3) is 5.48. The first-order valence-corrected chi connectivity index (χ1v) is 10.7. The Morgan fingerprint density at radius 1 is 0.939 bits per heavy atom. The normalized spacial score (nSPS) is 10.5. The van der Waals surface area contributed by atoms with Crippen LogP contribution < -0.4 is 14.4 Å². The molecule has 0 atom stereocenters. The van der Waals surface area contributed by atoms with Gasteiger partial charge in [0.15, 0.2) is 11.5 Å². The number of hydrogen-bond acceptors (Lipinski definition) is 5. The maximum absolute atomic E-state index is 13.5. The smallest absolute Gasteiger partial charge is 0.264 e. The molecule has 1 amide bonds. The average molecular weight is 460 g/mol. The number of aromatic nitrogens is 2. The molecule has 2 aromatic carbocycles. The van der Waals surface area contributed by atoms with E-state index in [-0.39, 0.29) is 5.91 Å². The van der Waals surface area contributed by atoms with E-state index in [4.69, 9.17) is 21.1 Å². The number of methoxy groups -OCH3 is 1. The van der Waals surface area contributed by atoms with Gasteiger partial charge in [0.2, 0.25) is 0 Å². The first-order chi connectivity index (χ1) is 16.2. The number of anilines is 2. The van der Waals surface area contributed by atoms with Crippen molar-refractivity contribution in [1.29, 1.82) is 0 Å². The molecule has 0 radical (unpaired) electrons. The maximum atomic E-state index is 13.5. The second kappa shape index (κ2) is 10.6. The van der Waals surface area contributed by atoms with Crippen molar-refractivity contribution < 1.29 is 14.3 Å². The Hall–Kier alpha value is -3.90. The number of nitrogens with zero attached hydrogens (tertiary/aromatic N) is 3. The van der Waals surface area contributed by atoms with Crippen LogP contribution in [-0.4, -0.2) is 29.6 Å². The largest absolute Gasteiger partial charge is 0.493 e. The van der Waals surface area contributed by atoms with E-state index in [2.05, 4.69) is 9.97 Å². The van der Waals surface area contributed by atoms with E-state index in [9.17, 15) is 4.79 Å². The van der Waals surface area contributed by atoms with Crippen molar-refractivity contribution in [2.45, 2.75) is 6.42 Å². The van der Waals surface area contributed by atoms with Crippen molar-refractivity contribution in [3.63, 3.8) is 0 Å². The number of halogens is 1. The molecule has 7 heteroatoms. The number of ether oxygens (including phenoxy) is 2. The number of hydrogen-bond donors (Lipinski definition) is 0. The molecule has 0 aliphatic heterocycles. The minimum Gasteiger partial charge on any atom is -0.493 e.